The number of carbonyl (C=O) groups is 1. The Labute approximate surface area is 166 Å². The van der Waals surface area contributed by atoms with Gasteiger partial charge in [-0.25, -0.2) is 8.42 Å². The predicted molar refractivity (Wildman–Crippen MR) is 104 cm³/mol. The van der Waals surface area contributed by atoms with Crippen molar-refractivity contribution in [1.82, 2.24) is 20.5 Å². The number of aromatic nitrogens is 3. The quantitative estimate of drug-likeness (QED) is 0.599. The molecule has 0 fully saturated rings. The van der Waals surface area contributed by atoms with Crippen LogP contribution in [0.15, 0.2) is 53.1 Å². The summed E-state index contributed by atoms with van der Waals surface area (Å²) in [5.74, 6) is 0.0682. The molecule has 8 nitrogen and oxygen atoms in total. The molecule has 1 N–H and O–H groups in total. The monoisotopic (exact) mass is 418 g/mol. The molecule has 0 saturated carbocycles. The molecule has 28 heavy (non-hydrogen) atoms. The van der Waals surface area contributed by atoms with Crippen molar-refractivity contribution in [3.63, 3.8) is 0 Å². The summed E-state index contributed by atoms with van der Waals surface area (Å²) in [7, 11) is -3.68. The van der Waals surface area contributed by atoms with E-state index in [1.807, 2.05) is 6.92 Å². The summed E-state index contributed by atoms with van der Waals surface area (Å²) in [4.78, 5) is 15.8. The van der Waals surface area contributed by atoms with E-state index in [2.05, 4.69) is 20.5 Å². The van der Waals surface area contributed by atoms with Gasteiger partial charge in [0.15, 0.2) is 0 Å². The van der Waals surface area contributed by atoms with Crippen LogP contribution in [0.3, 0.4) is 0 Å². The first-order chi connectivity index (χ1) is 13.5. The topological polar surface area (TPSA) is 111 Å². The van der Waals surface area contributed by atoms with E-state index in [-0.39, 0.29) is 21.2 Å². The van der Waals surface area contributed by atoms with Gasteiger partial charge in [0.05, 0.1) is 5.75 Å². The zero-order valence-electron chi connectivity index (χ0n) is 15.0. The Balaban J connectivity index is 1.67. The molecule has 0 saturated heterocycles. The van der Waals surface area contributed by atoms with Crippen molar-refractivity contribution in [1.29, 1.82) is 0 Å². The van der Waals surface area contributed by atoms with Crippen LogP contribution in [-0.4, -0.2) is 36.1 Å². The van der Waals surface area contributed by atoms with Crippen molar-refractivity contribution in [3.05, 3.63) is 59.9 Å². The maximum atomic E-state index is 12.6. The van der Waals surface area contributed by atoms with Crippen LogP contribution in [0, 0.1) is 0 Å². The number of amides is 1. The molecule has 0 spiro atoms. The van der Waals surface area contributed by atoms with Gasteiger partial charge in [0.25, 0.3) is 5.91 Å². The Hall–Kier alpha value is -2.85. The Bertz CT molecular complexity index is 1030. The van der Waals surface area contributed by atoms with Crippen LogP contribution in [0.1, 0.15) is 29.3 Å². The molecule has 2 aromatic heterocycles. The lowest BCUT2D eigenvalue weighted by atomic mass is 10.1. The Morgan fingerprint density at radius 3 is 2.50 bits per heavy atom. The number of nitrogens with one attached hydrogen (secondary N) is 1. The van der Waals surface area contributed by atoms with Gasteiger partial charge < -0.3 is 10.1 Å². The van der Waals surface area contributed by atoms with Crippen molar-refractivity contribution < 1.29 is 17.9 Å². The van der Waals surface area contributed by atoms with Crippen molar-refractivity contribution >= 4 is 27.1 Å². The van der Waals surface area contributed by atoms with Gasteiger partial charge in [0.1, 0.15) is 5.75 Å². The summed E-state index contributed by atoms with van der Waals surface area (Å²) in [6.07, 6.45) is 3.96. The van der Waals surface area contributed by atoms with Crippen LogP contribution in [0.5, 0.6) is 10.9 Å². The van der Waals surface area contributed by atoms with Gasteiger partial charge in [-0.15, -0.1) is 5.10 Å². The first-order valence-corrected chi connectivity index (χ1v) is 11.0. The molecule has 3 rings (SSSR count). The van der Waals surface area contributed by atoms with E-state index in [1.54, 1.807) is 48.8 Å². The zero-order chi connectivity index (χ0) is 20.0. The van der Waals surface area contributed by atoms with Gasteiger partial charge in [0, 0.05) is 24.5 Å². The molecule has 0 unspecified atom stereocenters. The van der Waals surface area contributed by atoms with Crippen LogP contribution < -0.4 is 10.1 Å². The third kappa shape index (κ3) is 5.11. The van der Waals surface area contributed by atoms with Crippen molar-refractivity contribution in [2.24, 2.45) is 0 Å². The molecular weight excluding hydrogens is 400 g/mol. The average molecular weight is 419 g/mol. The second-order valence-electron chi connectivity index (χ2n) is 5.83. The molecule has 2 heterocycles. The molecule has 10 heteroatoms. The predicted octanol–water partition coefficient (Wildman–Crippen LogP) is 2.84. The highest BCUT2D eigenvalue weighted by Gasteiger charge is 2.22. The number of hydrogen-bond donors (Lipinski definition) is 1. The molecule has 0 bridgehead atoms. The highest BCUT2D eigenvalue weighted by molar-refractivity contribution is 7.92. The minimum atomic E-state index is -3.68. The molecule has 0 aliphatic heterocycles. The summed E-state index contributed by atoms with van der Waals surface area (Å²) in [6.45, 7) is 2.56. The van der Waals surface area contributed by atoms with Crippen molar-refractivity contribution in [3.8, 4) is 10.9 Å². The fourth-order valence-corrected chi connectivity index (χ4v) is 4.51. The minimum absolute atomic E-state index is 0.124. The lowest BCUT2D eigenvalue weighted by Gasteiger charge is -2.05. The SMILES string of the molecule is CCCNC(=O)c1ccc(CS(=O)(=O)c2nnc(Oc3ccncc3)s2)cc1. The number of carbonyl (C=O) groups excluding carboxylic acids is 1. The standard InChI is InChI=1S/C18H18N4O4S2/c1-2-9-20-16(23)14-5-3-13(4-6-14)12-28(24,25)18-22-21-17(27-18)26-15-7-10-19-11-8-15/h3-8,10-11H,2,9,12H2,1H3,(H,20,23). The van der Waals surface area contributed by atoms with E-state index < -0.39 is 9.84 Å². The Morgan fingerprint density at radius 1 is 1.11 bits per heavy atom. The second-order valence-corrected chi connectivity index (χ2v) is 8.93. The zero-order valence-corrected chi connectivity index (χ0v) is 16.7. The summed E-state index contributed by atoms with van der Waals surface area (Å²) >= 11 is 0.854. The fourth-order valence-electron chi connectivity index (χ4n) is 2.25. The van der Waals surface area contributed by atoms with Crippen molar-refractivity contribution in [2.75, 3.05) is 6.54 Å². The number of ether oxygens (including phenoxy) is 1. The molecule has 0 aliphatic carbocycles. The first-order valence-electron chi connectivity index (χ1n) is 8.49. The number of nitrogens with zero attached hydrogens (tertiary/aromatic N) is 3. The summed E-state index contributed by atoms with van der Waals surface area (Å²) in [6, 6.07) is 9.71. The first kappa shape index (κ1) is 19.9. The van der Waals surface area contributed by atoms with E-state index in [9.17, 15) is 13.2 Å². The van der Waals surface area contributed by atoms with Gasteiger partial charge in [-0.05, 0) is 47.6 Å². The second kappa shape index (κ2) is 8.89. The van der Waals surface area contributed by atoms with Gasteiger partial charge in [-0.3, -0.25) is 9.78 Å². The van der Waals surface area contributed by atoms with Gasteiger partial charge in [-0.2, -0.15) is 0 Å². The molecule has 146 valence electrons. The van der Waals surface area contributed by atoms with Gasteiger partial charge in [-0.1, -0.05) is 24.2 Å². The number of hydrogen-bond acceptors (Lipinski definition) is 8. The number of benzene rings is 1. The Kier molecular flexibility index (Phi) is 6.32. The van der Waals surface area contributed by atoms with E-state index in [0.29, 0.717) is 23.4 Å². The average Bonchev–Trinajstić information content (AvgIpc) is 3.17. The smallest absolute Gasteiger partial charge is 0.300 e. The minimum Gasteiger partial charge on any atom is -0.430 e. The normalized spacial score (nSPS) is 11.2. The number of pyridine rings is 1. The summed E-state index contributed by atoms with van der Waals surface area (Å²) < 4.78 is 30.5. The summed E-state index contributed by atoms with van der Waals surface area (Å²) in [5.41, 5.74) is 1.04. The van der Waals surface area contributed by atoms with Crippen LogP contribution in [0.4, 0.5) is 0 Å². The van der Waals surface area contributed by atoms with E-state index in [0.717, 1.165) is 17.8 Å². The molecule has 1 aromatic carbocycles. The number of rotatable bonds is 8. The lowest BCUT2D eigenvalue weighted by Crippen LogP contribution is -2.23. The maximum Gasteiger partial charge on any atom is 0.300 e. The van der Waals surface area contributed by atoms with E-state index >= 15 is 0 Å². The fraction of sp³-hybridized carbons (Fsp3) is 0.222. The molecular formula is C18H18N4O4S2. The van der Waals surface area contributed by atoms with Crippen molar-refractivity contribution in [2.45, 2.75) is 23.4 Å². The third-order valence-corrected chi connectivity index (χ3v) is 6.55. The van der Waals surface area contributed by atoms with Crippen LogP contribution in [0.2, 0.25) is 0 Å². The molecule has 0 radical (unpaired) electrons. The molecule has 3 aromatic rings. The highest BCUT2D eigenvalue weighted by atomic mass is 32.2. The molecule has 0 atom stereocenters. The Morgan fingerprint density at radius 2 is 1.82 bits per heavy atom. The van der Waals surface area contributed by atoms with Crippen LogP contribution in [-0.2, 0) is 15.6 Å². The molecule has 0 aliphatic rings. The van der Waals surface area contributed by atoms with E-state index in [1.165, 1.54) is 0 Å². The largest absolute Gasteiger partial charge is 0.430 e. The van der Waals surface area contributed by atoms with E-state index in [4.69, 9.17) is 4.74 Å². The van der Waals surface area contributed by atoms with Gasteiger partial charge in [0.2, 0.25) is 14.2 Å². The van der Waals surface area contributed by atoms with Crippen LogP contribution >= 0.6 is 11.3 Å². The highest BCUT2D eigenvalue weighted by Crippen LogP contribution is 2.28. The maximum absolute atomic E-state index is 12.6. The van der Waals surface area contributed by atoms with Gasteiger partial charge >= 0.3 is 5.19 Å². The number of sulfone groups is 1. The third-order valence-electron chi connectivity index (χ3n) is 3.62. The lowest BCUT2D eigenvalue weighted by molar-refractivity contribution is 0.0953. The molecule has 1 amide bonds. The summed E-state index contributed by atoms with van der Waals surface area (Å²) in [5, 5.41) is 10.4. The van der Waals surface area contributed by atoms with Crippen LogP contribution in [0.25, 0.3) is 0 Å².